The standard InChI is InChI=1S/C19H23N3O7/c1-10(2)8-28-13-6-5-11(7-14(13)27-4)18(25)29-9-12(23)15-16(20)22(3)19(26)21-17(15)24/h5-7,10H,8-9,20H2,1-4H3,(H,21,24,26). The maximum Gasteiger partial charge on any atom is 0.338 e. The van der Waals surface area contributed by atoms with Gasteiger partial charge in [-0.2, -0.15) is 0 Å². The Bertz CT molecular complexity index is 1040. The van der Waals surface area contributed by atoms with E-state index in [0.717, 1.165) is 4.57 Å². The highest BCUT2D eigenvalue weighted by Crippen LogP contribution is 2.28. The fourth-order valence-corrected chi connectivity index (χ4v) is 2.36. The summed E-state index contributed by atoms with van der Waals surface area (Å²) in [5.74, 6) is -0.830. The third kappa shape index (κ3) is 5.03. The molecule has 2 rings (SSSR count). The topological polar surface area (TPSA) is 143 Å². The van der Waals surface area contributed by atoms with Crippen LogP contribution in [-0.2, 0) is 11.8 Å². The number of anilines is 1. The van der Waals surface area contributed by atoms with E-state index in [9.17, 15) is 19.2 Å². The van der Waals surface area contributed by atoms with Crippen LogP contribution in [0, 0.1) is 5.92 Å². The lowest BCUT2D eigenvalue weighted by atomic mass is 10.2. The first-order valence-electron chi connectivity index (χ1n) is 8.75. The number of nitrogens with one attached hydrogen (secondary N) is 1. The van der Waals surface area contributed by atoms with E-state index in [1.807, 2.05) is 18.8 Å². The van der Waals surface area contributed by atoms with Crippen LogP contribution in [0.2, 0.25) is 0 Å². The molecule has 0 saturated carbocycles. The number of hydrogen-bond acceptors (Lipinski definition) is 8. The Morgan fingerprint density at radius 3 is 2.52 bits per heavy atom. The van der Waals surface area contributed by atoms with Crippen molar-refractivity contribution in [2.24, 2.45) is 13.0 Å². The molecule has 0 spiro atoms. The Balaban J connectivity index is 2.13. The summed E-state index contributed by atoms with van der Waals surface area (Å²) in [7, 11) is 2.73. The van der Waals surface area contributed by atoms with Gasteiger partial charge in [0.1, 0.15) is 11.4 Å². The molecule has 0 amide bonds. The smallest absolute Gasteiger partial charge is 0.338 e. The summed E-state index contributed by atoms with van der Waals surface area (Å²) in [4.78, 5) is 49.8. The molecule has 0 bridgehead atoms. The number of hydrogen-bond donors (Lipinski definition) is 2. The Labute approximate surface area is 166 Å². The molecule has 0 radical (unpaired) electrons. The number of rotatable bonds is 8. The lowest BCUT2D eigenvalue weighted by Crippen LogP contribution is -2.35. The van der Waals surface area contributed by atoms with Gasteiger partial charge in [0.2, 0.25) is 5.78 Å². The molecule has 1 heterocycles. The van der Waals surface area contributed by atoms with Gasteiger partial charge >= 0.3 is 11.7 Å². The van der Waals surface area contributed by atoms with Gasteiger partial charge < -0.3 is 19.9 Å². The van der Waals surface area contributed by atoms with Gasteiger partial charge in [-0.25, -0.2) is 9.59 Å². The monoisotopic (exact) mass is 405 g/mol. The van der Waals surface area contributed by atoms with E-state index in [2.05, 4.69) is 0 Å². The zero-order valence-electron chi connectivity index (χ0n) is 16.6. The molecule has 156 valence electrons. The first-order valence-corrected chi connectivity index (χ1v) is 8.75. The molecular weight excluding hydrogens is 382 g/mol. The van der Waals surface area contributed by atoms with Crippen LogP contribution in [-0.4, -0.2) is 41.6 Å². The minimum atomic E-state index is -0.944. The molecule has 0 saturated heterocycles. The normalized spacial score (nSPS) is 10.7. The van der Waals surface area contributed by atoms with E-state index in [0.29, 0.717) is 24.0 Å². The van der Waals surface area contributed by atoms with Crippen LogP contribution in [0.25, 0.3) is 0 Å². The molecule has 29 heavy (non-hydrogen) atoms. The van der Waals surface area contributed by atoms with Crippen molar-refractivity contribution in [3.8, 4) is 11.5 Å². The second-order valence-corrected chi connectivity index (χ2v) is 6.65. The van der Waals surface area contributed by atoms with Crippen molar-refractivity contribution in [2.75, 3.05) is 26.1 Å². The van der Waals surface area contributed by atoms with Crippen molar-refractivity contribution < 1.29 is 23.8 Å². The van der Waals surface area contributed by atoms with E-state index in [-0.39, 0.29) is 11.4 Å². The van der Waals surface area contributed by atoms with E-state index in [1.165, 1.54) is 26.3 Å². The summed E-state index contributed by atoms with van der Waals surface area (Å²) >= 11 is 0. The minimum Gasteiger partial charge on any atom is -0.493 e. The van der Waals surface area contributed by atoms with Crippen LogP contribution in [0.15, 0.2) is 27.8 Å². The van der Waals surface area contributed by atoms with Crippen molar-refractivity contribution >= 4 is 17.6 Å². The SMILES string of the molecule is COc1cc(C(=O)OCC(=O)c2c(N)n(C)c(=O)[nH]c2=O)ccc1OCC(C)C. The number of methoxy groups -OCH3 is 1. The predicted octanol–water partition coefficient (Wildman–Crippen LogP) is 0.739. The van der Waals surface area contributed by atoms with Crippen molar-refractivity contribution in [3.05, 3.63) is 50.2 Å². The molecule has 0 aliphatic heterocycles. The fourth-order valence-electron chi connectivity index (χ4n) is 2.36. The number of Topliss-reactive ketones (excluding diaryl/α,β-unsaturated/α-hetero) is 1. The quantitative estimate of drug-likeness (QED) is 0.483. The number of aromatic amines is 1. The Morgan fingerprint density at radius 1 is 1.21 bits per heavy atom. The highest BCUT2D eigenvalue weighted by Gasteiger charge is 2.20. The number of ether oxygens (including phenoxy) is 3. The van der Waals surface area contributed by atoms with Gasteiger partial charge in [-0.05, 0) is 24.1 Å². The van der Waals surface area contributed by atoms with Crippen molar-refractivity contribution in [2.45, 2.75) is 13.8 Å². The molecule has 0 aliphatic rings. The maximum atomic E-state index is 12.3. The summed E-state index contributed by atoms with van der Waals surface area (Å²) < 4.78 is 16.7. The van der Waals surface area contributed by atoms with Crippen LogP contribution in [0.5, 0.6) is 11.5 Å². The van der Waals surface area contributed by atoms with Gasteiger partial charge in [-0.3, -0.25) is 19.1 Å². The summed E-state index contributed by atoms with van der Waals surface area (Å²) in [6, 6.07) is 4.46. The number of H-pyrrole nitrogens is 1. The number of nitrogen functional groups attached to an aromatic ring is 1. The molecule has 3 N–H and O–H groups in total. The van der Waals surface area contributed by atoms with Crippen molar-refractivity contribution in [3.63, 3.8) is 0 Å². The summed E-state index contributed by atoms with van der Waals surface area (Å²) in [5, 5.41) is 0. The minimum absolute atomic E-state index is 0.133. The summed E-state index contributed by atoms with van der Waals surface area (Å²) in [6.07, 6.45) is 0. The Morgan fingerprint density at radius 2 is 1.90 bits per heavy atom. The third-order valence-electron chi connectivity index (χ3n) is 3.95. The molecule has 10 nitrogen and oxygen atoms in total. The molecule has 0 aliphatic carbocycles. The number of ketones is 1. The Kier molecular flexibility index (Phi) is 6.81. The van der Waals surface area contributed by atoms with E-state index in [1.54, 1.807) is 6.07 Å². The van der Waals surface area contributed by atoms with Gasteiger partial charge in [0.25, 0.3) is 5.56 Å². The number of aromatic nitrogens is 2. The van der Waals surface area contributed by atoms with Gasteiger partial charge in [-0.1, -0.05) is 13.8 Å². The summed E-state index contributed by atoms with van der Waals surface area (Å²) in [5.41, 5.74) is 3.64. The molecule has 1 aromatic heterocycles. The molecular formula is C19H23N3O7. The number of esters is 1. The molecule has 0 unspecified atom stereocenters. The average Bonchev–Trinajstić information content (AvgIpc) is 2.68. The van der Waals surface area contributed by atoms with Crippen LogP contribution in [0.1, 0.15) is 34.6 Å². The van der Waals surface area contributed by atoms with Crippen LogP contribution < -0.4 is 26.5 Å². The first kappa shape index (κ1) is 21.7. The highest BCUT2D eigenvalue weighted by molar-refractivity contribution is 6.02. The van der Waals surface area contributed by atoms with Crippen molar-refractivity contribution in [1.82, 2.24) is 9.55 Å². The number of nitrogens with zero attached hydrogens (tertiary/aromatic N) is 1. The number of nitrogens with two attached hydrogens (primary N) is 1. The zero-order chi connectivity index (χ0) is 21.7. The van der Waals surface area contributed by atoms with E-state index < -0.39 is 35.2 Å². The van der Waals surface area contributed by atoms with E-state index >= 15 is 0 Å². The number of benzene rings is 1. The van der Waals surface area contributed by atoms with E-state index in [4.69, 9.17) is 19.9 Å². The predicted molar refractivity (Wildman–Crippen MR) is 105 cm³/mol. The molecule has 1 aromatic carbocycles. The Hall–Kier alpha value is -3.56. The molecule has 2 aromatic rings. The first-order chi connectivity index (χ1) is 13.6. The van der Waals surface area contributed by atoms with Gasteiger partial charge in [0, 0.05) is 7.05 Å². The molecule has 10 heteroatoms. The lowest BCUT2D eigenvalue weighted by molar-refractivity contribution is 0.0474. The van der Waals surface area contributed by atoms with Gasteiger partial charge in [0.05, 0.1) is 19.3 Å². The second-order valence-electron chi connectivity index (χ2n) is 6.65. The van der Waals surface area contributed by atoms with Crippen LogP contribution in [0.3, 0.4) is 0 Å². The lowest BCUT2D eigenvalue weighted by Gasteiger charge is -2.13. The third-order valence-corrected chi connectivity index (χ3v) is 3.95. The number of carbonyl (C=O) groups excluding carboxylic acids is 2. The van der Waals surface area contributed by atoms with Gasteiger partial charge in [-0.15, -0.1) is 0 Å². The van der Waals surface area contributed by atoms with Crippen LogP contribution in [0.4, 0.5) is 5.82 Å². The van der Waals surface area contributed by atoms with Gasteiger partial charge in [0.15, 0.2) is 18.1 Å². The molecule has 0 fully saturated rings. The second kappa shape index (κ2) is 9.09. The number of carbonyl (C=O) groups is 2. The summed E-state index contributed by atoms with van der Waals surface area (Å²) in [6.45, 7) is 3.75. The van der Waals surface area contributed by atoms with Crippen LogP contribution >= 0.6 is 0 Å². The largest absolute Gasteiger partial charge is 0.493 e. The fraction of sp³-hybridized carbons (Fsp3) is 0.368. The zero-order valence-corrected chi connectivity index (χ0v) is 16.6. The highest BCUT2D eigenvalue weighted by atomic mass is 16.5. The van der Waals surface area contributed by atoms with Crippen molar-refractivity contribution in [1.29, 1.82) is 0 Å². The average molecular weight is 405 g/mol. The maximum absolute atomic E-state index is 12.3. The molecule has 0 atom stereocenters.